The van der Waals surface area contributed by atoms with Gasteiger partial charge in [0.25, 0.3) is 0 Å². The maximum absolute atomic E-state index is 11.8. The van der Waals surface area contributed by atoms with Crippen molar-refractivity contribution in [3.63, 3.8) is 0 Å². The number of hydrogen-bond donors (Lipinski definition) is 0. The van der Waals surface area contributed by atoms with Crippen LogP contribution in [0.25, 0.3) is 0 Å². The molecule has 2 rings (SSSR count). The Bertz CT molecular complexity index is 403. The summed E-state index contributed by atoms with van der Waals surface area (Å²) in [4.78, 5) is 13.7. The van der Waals surface area contributed by atoms with E-state index in [2.05, 4.69) is 32.9 Å². The highest BCUT2D eigenvalue weighted by molar-refractivity contribution is 5.96. The fourth-order valence-corrected chi connectivity index (χ4v) is 2.25. The third-order valence-electron chi connectivity index (χ3n) is 3.08. The zero-order chi connectivity index (χ0) is 11.8. The van der Waals surface area contributed by atoms with E-state index in [0.717, 1.165) is 18.7 Å². The van der Waals surface area contributed by atoms with E-state index >= 15 is 0 Å². The first kappa shape index (κ1) is 11.2. The number of carbonyl (C=O) groups is 1. The number of rotatable bonds is 1. The highest BCUT2D eigenvalue weighted by atomic mass is 16.2. The molecule has 0 atom stereocenters. The monoisotopic (exact) mass is 217 g/mol. The molecule has 1 aliphatic heterocycles. The molecule has 86 valence electrons. The van der Waals surface area contributed by atoms with Crippen LogP contribution in [0.1, 0.15) is 39.2 Å². The van der Waals surface area contributed by atoms with Crippen LogP contribution >= 0.6 is 0 Å². The summed E-state index contributed by atoms with van der Waals surface area (Å²) in [5, 5.41) is 0. The first-order chi connectivity index (χ1) is 7.50. The number of benzene rings is 1. The zero-order valence-corrected chi connectivity index (χ0v) is 10.3. The van der Waals surface area contributed by atoms with Crippen LogP contribution in [0.15, 0.2) is 24.3 Å². The van der Waals surface area contributed by atoms with Gasteiger partial charge in [-0.05, 0) is 23.5 Å². The van der Waals surface area contributed by atoms with Crippen molar-refractivity contribution >= 4 is 11.6 Å². The van der Waals surface area contributed by atoms with Crippen molar-refractivity contribution in [1.82, 2.24) is 0 Å². The standard InChI is InChI=1S/C14H19NO/c1-14(2,3)11-7-4-5-8-12(11)15-10-6-9-13(15)16/h4-5,7-8H,6,9-10H2,1-3H3. The van der Waals surface area contributed by atoms with Gasteiger partial charge in [0.05, 0.1) is 0 Å². The van der Waals surface area contributed by atoms with E-state index in [4.69, 9.17) is 0 Å². The lowest BCUT2D eigenvalue weighted by atomic mass is 9.85. The van der Waals surface area contributed by atoms with Gasteiger partial charge >= 0.3 is 0 Å². The van der Waals surface area contributed by atoms with Gasteiger partial charge < -0.3 is 4.90 Å². The Kier molecular flexibility index (Phi) is 2.75. The fraction of sp³-hybridized carbons (Fsp3) is 0.500. The third kappa shape index (κ3) is 1.97. The summed E-state index contributed by atoms with van der Waals surface area (Å²) in [6.07, 6.45) is 1.68. The predicted octanol–water partition coefficient (Wildman–Crippen LogP) is 3.11. The lowest BCUT2D eigenvalue weighted by molar-refractivity contribution is -0.117. The van der Waals surface area contributed by atoms with Crippen LogP contribution in [-0.4, -0.2) is 12.5 Å². The lowest BCUT2D eigenvalue weighted by Crippen LogP contribution is -2.27. The van der Waals surface area contributed by atoms with Crippen LogP contribution < -0.4 is 4.90 Å². The van der Waals surface area contributed by atoms with Crippen LogP contribution in [0.4, 0.5) is 5.69 Å². The molecule has 0 bridgehead atoms. The number of carbonyl (C=O) groups excluding carboxylic acids is 1. The predicted molar refractivity (Wildman–Crippen MR) is 66.7 cm³/mol. The molecule has 1 fully saturated rings. The van der Waals surface area contributed by atoms with Gasteiger partial charge in [0, 0.05) is 18.7 Å². The molecule has 0 N–H and O–H groups in total. The summed E-state index contributed by atoms with van der Waals surface area (Å²) in [7, 11) is 0. The fourth-order valence-electron chi connectivity index (χ4n) is 2.25. The van der Waals surface area contributed by atoms with E-state index in [1.165, 1.54) is 5.56 Å². The van der Waals surface area contributed by atoms with Crippen molar-refractivity contribution in [2.45, 2.75) is 39.0 Å². The van der Waals surface area contributed by atoms with Gasteiger partial charge in [0.1, 0.15) is 0 Å². The van der Waals surface area contributed by atoms with Crippen molar-refractivity contribution < 1.29 is 4.79 Å². The number of para-hydroxylation sites is 1. The molecule has 16 heavy (non-hydrogen) atoms. The maximum atomic E-state index is 11.8. The van der Waals surface area contributed by atoms with E-state index in [9.17, 15) is 4.79 Å². The molecule has 0 radical (unpaired) electrons. The molecule has 1 amide bonds. The molecule has 1 aromatic rings. The summed E-state index contributed by atoms with van der Waals surface area (Å²) in [5.74, 6) is 0.261. The molecule has 1 aromatic carbocycles. The Hall–Kier alpha value is -1.31. The molecule has 0 aliphatic carbocycles. The first-order valence-corrected chi connectivity index (χ1v) is 5.90. The maximum Gasteiger partial charge on any atom is 0.227 e. The number of amides is 1. The van der Waals surface area contributed by atoms with Crippen molar-refractivity contribution in [2.24, 2.45) is 0 Å². The molecule has 0 unspecified atom stereocenters. The Balaban J connectivity index is 2.44. The van der Waals surface area contributed by atoms with E-state index in [1.807, 2.05) is 17.0 Å². The molecule has 0 spiro atoms. The van der Waals surface area contributed by atoms with E-state index in [0.29, 0.717) is 6.42 Å². The van der Waals surface area contributed by atoms with Gasteiger partial charge in [-0.15, -0.1) is 0 Å². The Morgan fingerprint density at radius 1 is 1.19 bits per heavy atom. The smallest absolute Gasteiger partial charge is 0.227 e. The van der Waals surface area contributed by atoms with Gasteiger partial charge in [0.15, 0.2) is 0 Å². The average Bonchev–Trinajstić information content (AvgIpc) is 2.63. The third-order valence-corrected chi connectivity index (χ3v) is 3.08. The topological polar surface area (TPSA) is 20.3 Å². The Labute approximate surface area is 97.3 Å². The van der Waals surface area contributed by atoms with Crippen LogP contribution in [-0.2, 0) is 10.2 Å². The summed E-state index contributed by atoms with van der Waals surface area (Å²) in [6.45, 7) is 7.43. The lowest BCUT2D eigenvalue weighted by Gasteiger charge is -2.27. The van der Waals surface area contributed by atoms with Crippen LogP contribution in [0.5, 0.6) is 0 Å². The van der Waals surface area contributed by atoms with Crippen molar-refractivity contribution in [1.29, 1.82) is 0 Å². The highest BCUT2D eigenvalue weighted by Crippen LogP contribution is 2.33. The minimum atomic E-state index is 0.0828. The quantitative estimate of drug-likeness (QED) is 0.707. The second-order valence-corrected chi connectivity index (χ2v) is 5.42. The molecule has 0 saturated carbocycles. The van der Waals surface area contributed by atoms with Gasteiger partial charge in [0.2, 0.25) is 5.91 Å². The Morgan fingerprint density at radius 3 is 2.44 bits per heavy atom. The molecule has 2 nitrogen and oxygen atoms in total. The van der Waals surface area contributed by atoms with Crippen molar-refractivity contribution in [3.8, 4) is 0 Å². The minimum Gasteiger partial charge on any atom is -0.312 e. The second-order valence-electron chi connectivity index (χ2n) is 5.42. The van der Waals surface area contributed by atoms with Crippen molar-refractivity contribution in [2.75, 3.05) is 11.4 Å². The molecule has 0 aromatic heterocycles. The molecular formula is C14H19NO. The van der Waals surface area contributed by atoms with E-state index in [-0.39, 0.29) is 11.3 Å². The summed E-state index contributed by atoms with van der Waals surface area (Å²) >= 11 is 0. The first-order valence-electron chi connectivity index (χ1n) is 5.90. The van der Waals surface area contributed by atoms with E-state index < -0.39 is 0 Å². The van der Waals surface area contributed by atoms with Gasteiger partial charge in [-0.2, -0.15) is 0 Å². The normalized spacial score (nSPS) is 16.9. The van der Waals surface area contributed by atoms with Crippen LogP contribution in [0.3, 0.4) is 0 Å². The minimum absolute atomic E-state index is 0.0828. The van der Waals surface area contributed by atoms with Crippen molar-refractivity contribution in [3.05, 3.63) is 29.8 Å². The molecule has 2 heteroatoms. The molecule has 1 saturated heterocycles. The summed E-state index contributed by atoms with van der Waals surface area (Å²) in [6, 6.07) is 8.24. The molecule has 1 aliphatic rings. The second kappa shape index (κ2) is 3.93. The van der Waals surface area contributed by atoms with Gasteiger partial charge in [-0.25, -0.2) is 0 Å². The number of anilines is 1. The number of hydrogen-bond acceptors (Lipinski definition) is 1. The van der Waals surface area contributed by atoms with E-state index in [1.54, 1.807) is 0 Å². The van der Waals surface area contributed by atoms with Crippen LogP contribution in [0, 0.1) is 0 Å². The summed E-state index contributed by atoms with van der Waals surface area (Å²) < 4.78 is 0. The highest BCUT2D eigenvalue weighted by Gasteiger charge is 2.27. The van der Waals surface area contributed by atoms with Gasteiger partial charge in [-0.1, -0.05) is 39.0 Å². The molecule has 1 heterocycles. The van der Waals surface area contributed by atoms with Gasteiger partial charge in [-0.3, -0.25) is 4.79 Å². The Morgan fingerprint density at radius 2 is 1.88 bits per heavy atom. The van der Waals surface area contributed by atoms with Crippen LogP contribution in [0.2, 0.25) is 0 Å². The zero-order valence-electron chi connectivity index (χ0n) is 10.3. The largest absolute Gasteiger partial charge is 0.312 e. The molecular weight excluding hydrogens is 198 g/mol. The number of nitrogens with zero attached hydrogens (tertiary/aromatic N) is 1. The summed E-state index contributed by atoms with van der Waals surface area (Å²) in [5.41, 5.74) is 2.43. The SMILES string of the molecule is CC(C)(C)c1ccccc1N1CCCC1=O. The average molecular weight is 217 g/mol.